The van der Waals surface area contributed by atoms with Gasteiger partial charge >= 0.3 is 6.18 Å². The minimum Gasteiger partial charge on any atom is -0.491 e. The monoisotopic (exact) mass is 519 g/mol. The third kappa shape index (κ3) is 7.59. The van der Waals surface area contributed by atoms with Crippen molar-refractivity contribution in [3.05, 3.63) is 30.6 Å². The van der Waals surface area contributed by atoms with Gasteiger partial charge in [-0.25, -0.2) is 9.97 Å². The number of hydrogen-bond acceptors (Lipinski definition) is 8. The summed E-state index contributed by atoms with van der Waals surface area (Å²) in [5.41, 5.74) is 6.78. The van der Waals surface area contributed by atoms with E-state index in [1.807, 2.05) is 38.1 Å². The van der Waals surface area contributed by atoms with E-state index >= 15 is 0 Å². The number of hydrogen-bond donors (Lipinski definition) is 2. The maximum absolute atomic E-state index is 12.4. The Labute approximate surface area is 198 Å². The molecule has 2 heterocycles. The van der Waals surface area contributed by atoms with E-state index in [0.29, 0.717) is 21.9 Å². The standard InChI is InChI=1S/C20H25F3N5O4PS/c1-12(2)32-14-5-4-6-15(7-14)34-18-16-17(26-19(24)27-18)28(10-25-16)8-13(3)31-11-33(29,30)9-20(21,22)23/h4-7,10,12-13H,8-9,11H2,1-3H3,(H,29,30)(H2,24,26,27). The lowest BCUT2D eigenvalue weighted by Gasteiger charge is -2.18. The Morgan fingerprint density at radius 3 is 2.68 bits per heavy atom. The molecule has 0 radical (unpaired) electrons. The van der Waals surface area contributed by atoms with Crippen LogP contribution in [0.3, 0.4) is 0 Å². The largest absolute Gasteiger partial charge is 0.491 e. The average molecular weight is 519 g/mol. The molecule has 34 heavy (non-hydrogen) atoms. The van der Waals surface area contributed by atoms with Crippen LogP contribution in [-0.2, 0) is 15.8 Å². The van der Waals surface area contributed by atoms with Gasteiger partial charge in [0.05, 0.1) is 25.1 Å². The maximum Gasteiger partial charge on any atom is 0.398 e. The number of nitrogens with zero attached hydrogens (tertiary/aromatic N) is 4. The zero-order chi connectivity index (χ0) is 25.1. The average Bonchev–Trinajstić information content (AvgIpc) is 3.07. The van der Waals surface area contributed by atoms with Crippen LogP contribution in [0.4, 0.5) is 19.1 Å². The summed E-state index contributed by atoms with van der Waals surface area (Å²) in [5, 5.41) is 0.515. The predicted octanol–water partition coefficient (Wildman–Crippen LogP) is 4.54. The summed E-state index contributed by atoms with van der Waals surface area (Å²) in [6.07, 6.45) is -6.64. The molecule has 0 aliphatic rings. The molecule has 9 nitrogen and oxygen atoms in total. The van der Waals surface area contributed by atoms with Crippen LogP contribution in [0.25, 0.3) is 11.2 Å². The first kappa shape index (κ1) is 26.3. The molecule has 2 aromatic heterocycles. The van der Waals surface area contributed by atoms with Crippen LogP contribution in [0, 0.1) is 0 Å². The van der Waals surface area contributed by atoms with Crippen molar-refractivity contribution in [2.24, 2.45) is 0 Å². The number of imidazole rings is 1. The fourth-order valence-electron chi connectivity index (χ4n) is 3.03. The van der Waals surface area contributed by atoms with Crippen molar-refractivity contribution in [1.82, 2.24) is 19.5 Å². The molecule has 2 atom stereocenters. The van der Waals surface area contributed by atoms with Crippen LogP contribution in [0.15, 0.2) is 40.5 Å². The Balaban J connectivity index is 1.75. The number of nitrogens with two attached hydrogens (primary N) is 1. The van der Waals surface area contributed by atoms with Crippen LogP contribution in [0.5, 0.6) is 5.75 Å². The summed E-state index contributed by atoms with van der Waals surface area (Å²) in [6, 6.07) is 7.47. The highest BCUT2D eigenvalue weighted by atomic mass is 32.2. The minimum atomic E-state index is -4.75. The molecule has 1 aromatic carbocycles. The zero-order valence-electron chi connectivity index (χ0n) is 18.7. The van der Waals surface area contributed by atoms with Gasteiger partial charge in [-0.15, -0.1) is 0 Å². The first-order chi connectivity index (χ1) is 15.8. The molecule has 14 heteroatoms. The molecule has 0 spiro atoms. The van der Waals surface area contributed by atoms with Crippen molar-refractivity contribution in [1.29, 1.82) is 0 Å². The summed E-state index contributed by atoms with van der Waals surface area (Å²) >= 11 is 1.33. The fraction of sp³-hybridized carbons (Fsp3) is 0.450. The summed E-state index contributed by atoms with van der Waals surface area (Å²) in [4.78, 5) is 23.2. The van der Waals surface area contributed by atoms with Gasteiger partial charge in [-0.05, 0) is 39.0 Å². The molecule has 0 saturated carbocycles. The minimum absolute atomic E-state index is 0.0185. The second kappa shape index (κ2) is 10.5. The lowest BCUT2D eigenvalue weighted by molar-refractivity contribution is -0.108. The van der Waals surface area contributed by atoms with E-state index in [1.165, 1.54) is 18.1 Å². The van der Waals surface area contributed by atoms with Gasteiger partial charge in [0.25, 0.3) is 0 Å². The molecular weight excluding hydrogens is 494 g/mol. The van der Waals surface area contributed by atoms with Crippen molar-refractivity contribution in [3.8, 4) is 5.75 Å². The molecule has 0 amide bonds. The summed E-state index contributed by atoms with van der Waals surface area (Å²) in [5.74, 6) is 0.728. The molecular formula is C20H25F3N5O4PS. The summed E-state index contributed by atoms with van der Waals surface area (Å²) in [6.45, 7) is 5.56. The van der Waals surface area contributed by atoms with E-state index in [2.05, 4.69) is 15.0 Å². The lowest BCUT2D eigenvalue weighted by atomic mass is 10.3. The van der Waals surface area contributed by atoms with E-state index in [1.54, 1.807) is 11.5 Å². The molecule has 3 N–H and O–H groups in total. The van der Waals surface area contributed by atoms with Gasteiger partial charge < -0.3 is 24.7 Å². The van der Waals surface area contributed by atoms with E-state index in [9.17, 15) is 22.6 Å². The van der Waals surface area contributed by atoms with Crippen LogP contribution >= 0.6 is 19.1 Å². The van der Waals surface area contributed by atoms with Gasteiger partial charge in [-0.3, -0.25) is 4.57 Å². The van der Waals surface area contributed by atoms with Crippen molar-refractivity contribution >= 4 is 36.2 Å². The molecule has 0 bridgehead atoms. The molecule has 186 valence electrons. The van der Waals surface area contributed by atoms with E-state index in [-0.39, 0.29) is 18.6 Å². The smallest absolute Gasteiger partial charge is 0.398 e. The lowest BCUT2D eigenvalue weighted by Crippen LogP contribution is -2.20. The van der Waals surface area contributed by atoms with Crippen LogP contribution in [0.1, 0.15) is 20.8 Å². The fourth-order valence-corrected chi connectivity index (χ4v) is 5.10. The summed E-state index contributed by atoms with van der Waals surface area (Å²) < 4.78 is 61.6. The molecule has 2 unspecified atom stereocenters. The molecule has 0 fully saturated rings. The van der Waals surface area contributed by atoms with Crippen molar-refractivity contribution in [2.75, 3.05) is 18.2 Å². The molecule has 0 saturated heterocycles. The van der Waals surface area contributed by atoms with Gasteiger partial charge in [0, 0.05) is 4.90 Å². The third-order valence-electron chi connectivity index (χ3n) is 4.28. The number of alkyl halides is 3. The number of rotatable bonds is 10. The highest BCUT2D eigenvalue weighted by Gasteiger charge is 2.38. The molecule has 0 aliphatic heterocycles. The Morgan fingerprint density at radius 1 is 1.26 bits per heavy atom. The van der Waals surface area contributed by atoms with Crippen LogP contribution in [0.2, 0.25) is 0 Å². The van der Waals surface area contributed by atoms with Gasteiger partial charge in [0.15, 0.2) is 5.65 Å². The first-order valence-electron chi connectivity index (χ1n) is 10.2. The number of nitrogen functional groups attached to an aromatic ring is 1. The van der Waals surface area contributed by atoms with E-state index in [0.717, 1.165) is 4.90 Å². The molecule has 3 rings (SSSR count). The Hall–Kier alpha value is -2.34. The van der Waals surface area contributed by atoms with E-state index < -0.39 is 32.2 Å². The van der Waals surface area contributed by atoms with Gasteiger partial charge in [-0.1, -0.05) is 17.8 Å². The normalized spacial score (nSPS) is 14.9. The highest BCUT2D eigenvalue weighted by molar-refractivity contribution is 7.99. The number of aromatic nitrogens is 4. The van der Waals surface area contributed by atoms with Crippen LogP contribution < -0.4 is 10.5 Å². The van der Waals surface area contributed by atoms with Gasteiger partial charge in [-0.2, -0.15) is 18.2 Å². The number of benzene rings is 1. The summed E-state index contributed by atoms with van der Waals surface area (Å²) in [7, 11) is -4.51. The molecule has 3 aromatic rings. The van der Waals surface area contributed by atoms with Gasteiger partial charge in [0.2, 0.25) is 13.3 Å². The van der Waals surface area contributed by atoms with Crippen molar-refractivity contribution in [2.45, 2.75) is 55.6 Å². The quantitative estimate of drug-likeness (QED) is 0.293. The number of halogens is 3. The maximum atomic E-state index is 12.4. The predicted molar refractivity (Wildman–Crippen MR) is 122 cm³/mol. The van der Waals surface area contributed by atoms with Gasteiger partial charge in [0.1, 0.15) is 28.8 Å². The van der Waals surface area contributed by atoms with E-state index in [4.69, 9.17) is 15.2 Å². The van der Waals surface area contributed by atoms with Crippen LogP contribution in [-0.4, -0.2) is 55.3 Å². The second-order valence-corrected chi connectivity index (χ2v) is 11.3. The van der Waals surface area contributed by atoms with Crippen molar-refractivity contribution in [3.63, 3.8) is 0 Å². The second-order valence-electron chi connectivity index (χ2n) is 7.93. The highest BCUT2D eigenvalue weighted by Crippen LogP contribution is 2.45. The first-order valence-corrected chi connectivity index (χ1v) is 13.1. The third-order valence-corrected chi connectivity index (χ3v) is 6.65. The number of ether oxygens (including phenoxy) is 2. The SMILES string of the molecule is CC(C)Oc1cccc(Sc2nc(N)nc3c2ncn3CC(C)OCP(=O)(O)CC(F)(F)F)c1. The number of anilines is 1. The number of fused-ring (bicyclic) bond motifs is 1. The van der Waals surface area contributed by atoms with Crippen molar-refractivity contribution < 1.29 is 32.1 Å². The topological polar surface area (TPSA) is 125 Å². The zero-order valence-corrected chi connectivity index (χ0v) is 20.4. The Bertz CT molecular complexity index is 1190. The molecule has 0 aliphatic carbocycles. The Morgan fingerprint density at radius 2 is 2.00 bits per heavy atom. The Kier molecular flexibility index (Phi) is 8.12.